The van der Waals surface area contributed by atoms with Crippen LogP contribution < -0.4 is 5.32 Å². The van der Waals surface area contributed by atoms with Crippen LogP contribution in [0.5, 0.6) is 0 Å². The predicted molar refractivity (Wildman–Crippen MR) is 64.0 cm³/mol. The molecule has 2 fully saturated rings. The van der Waals surface area contributed by atoms with Crippen LogP contribution in [-0.4, -0.2) is 55.0 Å². The van der Waals surface area contributed by atoms with Crippen molar-refractivity contribution in [2.75, 3.05) is 32.8 Å². The Kier molecular flexibility index (Phi) is 3.32. The number of ether oxygens (including phenoxy) is 2. The van der Waals surface area contributed by atoms with E-state index in [1.165, 1.54) is 0 Å². The Labute approximate surface area is 102 Å². The summed E-state index contributed by atoms with van der Waals surface area (Å²) in [6.45, 7) is 9.39. The molecule has 0 unspecified atom stereocenters. The molecular formula is C12H22N2O3. The van der Waals surface area contributed by atoms with Crippen LogP contribution in [-0.2, 0) is 9.47 Å². The Hall–Kier alpha value is -0.810. The van der Waals surface area contributed by atoms with Gasteiger partial charge in [0.1, 0.15) is 5.60 Å². The number of likely N-dealkylation sites (tertiary alicyclic amines) is 1. The molecule has 2 rings (SSSR count). The number of hydrogen-bond acceptors (Lipinski definition) is 4. The van der Waals surface area contributed by atoms with Crippen LogP contribution in [0, 0.1) is 0 Å². The molecule has 5 heteroatoms. The number of rotatable bonds is 0. The molecule has 2 heterocycles. The third-order valence-corrected chi connectivity index (χ3v) is 3.13. The summed E-state index contributed by atoms with van der Waals surface area (Å²) in [5, 5.41) is 3.47. The molecule has 1 amide bonds. The lowest BCUT2D eigenvalue weighted by Crippen LogP contribution is -2.56. The summed E-state index contributed by atoms with van der Waals surface area (Å²) in [5.41, 5.74) is -0.474. The molecule has 2 saturated heterocycles. The summed E-state index contributed by atoms with van der Waals surface area (Å²) >= 11 is 0. The Balaban J connectivity index is 1.91. The fourth-order valence-electron chi connectivity index (χ4n) is 2.32. The first-order valence-corrected chi connectivity index (χ1v) is 6.21. The highest BCUT2D eigenvalue weighted by Crippen LogP contribution is 2.25. The van der Waals surface area contributed by atoms with Gasteiger partial charge >= 0.3 is 6.09 Å². The standard InChI is InChI=1S/C12H22N2O3/c1-11(2,3)17-10(15)14-6-4-12(8-14)9-16-7-5-13-12/h13H,4-9H2,1-3H3/t12-/m1/s1. The van der Waals surface area contributed by atoms with E-state index in [2.05, 4.69) is 5.32 Å². The lowest BCUT2D eigenvalue weighted by atomic mass is 9.99. The van der Waals surface area contributed by atoms with Crippen LogP contribution in [0.3, 0.4) is 0 Å². The highest BCUT2D eigenvalue weighted by Gasteiger charge is 2.42. The van der Waals surface area contributed by atoms with Crippen molar-refractivity contribution in [2.45, 2.75) is 38.3 Å². The molecule has 0 aromatic rings. The van der Waals surface area contributed by atoms with Gasteiger partial charge in [-0.1, -0.05) is 0 Å². The normalized spacial score (nSPS) is 29.7. The van der Waals surface area contributed by atoms with Gasteiger partial charge in [-0.2, -0.15) is 0 Å². The Morgan fingerprint density at radius 3 is 2.82 bits per heavy atom. The smallest absolute Gasteiger partial charge is 0.410 e. The Morgan fingerprint density at radius 2 is 2.24 bits per heavy atom. The molecule has 0 aliphatic carbocycles. The zero-order chi connectivity index (χ0) is 12.5. The third kappa shape index (κ3) is 3.10. The Morgan fingerprint density at radius 1 is 1.47 bits per heavy atom. The van der Waals surface area contributed by atoms with Crippen molar-refractivity contribution in [1.29, 1.82) is 0 Å². The molecule has 0 aromatic heterocycles. The van der Waals surface area contributed by atoms with Crippen LogP contribution >= 0.6 is 0 Å². The summed E-state index contributed by atoms with van der Waals surface area (Å²) in [6, 6.07) is 0. The van der Waals surface area contributed by atoms with Gasteiger partial charge in [0.05, 0.1) is 18.8 Å². The first-order chi connectivity index (χ1) is 7.90. The molecule has 5 nitrogen and oxygen atoms in total. The molecule has 98 valence electrons. The van der Waals surface area contributed by atoms with Crippen LogP contribution in [0.2, 0.25) is 0 Å². The SMILES string of the molecule is CC(C)(C)OC(=O)N1CC[C@]2(COCCN2)C1. The molecule has 2 aliphatic rings. The lowest BCUT2D eigenvalue weighted by Gasteiger charge is -2.34. The number of nitrogens with zero attached hydrogens (tertiary/aromatic N) is 1. The van der Waals surface area contributed by atoms with Gasteiger partial charge in [-0.05, 0) is 27.2 Å². The van der Waals surface area contributed by atoms with Crippen molar-refractivity contribution < 1.29 is 14.3 Å². The number of nitrogens with one attached hydrogen (secondary N) is 1. The minimum atomic E-state index is -0.427. The minimum absolute atomic E-state index is 0.0465. The highest BCUT2D eigenvalue weighted by atomic mass is 16.6. The maximum Gasteiger partial charge on any atom is 0.410 e. The molecule has 0 radical (unpaired) electrons. The van der Waals surface area contributed by atoms with Gasteiger partial charge in [-0.3, -0.25) is 0 Å². The molecule has 17 heavy (non-hydrogen) atoms. The average Bonchev–Trinajstić information content (AvgIpc) is 2.61. The van der Waals surface area contributed by atoms with Gasteiger partial charge in [0.15, 0.2) is 0 Å². The second kappa shape index (κ2) is 4.46. The fourth-order valence-corrected chi connectivity index (χ4v) is 2.32. The number of carbonyl (C=O) groups excluding carboxylic acids is 1. The van der Waals surface area contributed by atoms with Crippen molar-refractivity contribution in [1.82, 2.24) is 10.2 Å². The number of hydrogen-bond donors (Lipinski definition) is 1. The van der Waals surface area contributed by atoms with Crippen molar-refractivity contribution in [3.8, 4) is 0 Å². The quantitative estimate of drug-likeness (QED) is 0.688. The predicted octanol–water partition coefficient (Wildman–Crippen LogP) is 0.986. The first kappa shape index (κ1) is 12.6. The van der Waals surface area contributed by atoms with Crippen LogP contribution in [0.1, 0.15) is 27.2 Å². The van der Waals surface area contributed by atoms with Gasteiger partial charge in [-0.15, -0.1) is 0 Å². The van der Waals surface area contributed by atoms with E-state index in [1.54, 1.807) is 4.90 Å². The van der Waals surface area contributed by atoms with Crippen molar-refractivity contribution >= 4 is 6.09 Å². The average molecular weight is 242 g/mol. The van der Waals surface area contributed by atoms with Gasteiger partial charge in [-0.25, -0.2) is 4.79 Å². The van der Waals surface area contributed by atoms with E-state index in [-0.39, 0.29) is 11.6 Å². The fraction of sp³-hybridized carbons (Fsp3) is 0.917. The van der Waals surface area contributed by atoms with Crippen molar-refractivity contribution in [3.63, 3.8) is 0 Å². The second-order valence-electron chi connectivity index (χ2n) is 5.91. The van der Waals surface area contributed by atoms with Gasteiger partial charge in [0.25, 0.3) is 0 Å². The molecule has 2 aliphatic heterocycles. The van der Waals surface area contributed by atoms with Crippen LogP contribution in [0.15, 0.2) is 0 Å². The summed E-state index contributed by atoms with van der Waals surface area (Å²) in [5.74, 6) is 0. The monoisotopic (exact) mass is 242 g/mol. The van der Waals surface area contributed by atoms with Crippen molar-refractivity contribution in [2.24, 2.45) is 0 Å². The van der Waals surface area contributed by atoms with Gasteiger partial charge in [0, 0.05) is 19.6 Å². The molecular weight excluding hydrogens is 220 g/mol. The van der Waals surface area contributed by atoms with E-state index in [0.29, 0.717) is 13.2 Å². The summed E-state index contributed by atoms with van der Waals surface area (Å²) in [4.78, 5) is 13.7. The number of amides is 1. The van der Waals surface area contributed by atoms with Gasteiger partial charge < -0.3 is 19.7 Å². The first-order valence-electron chi connectivity index (χ1n) is 6.21. The van der Waals surface area contributed by atoms with E-state index < -0.39 is 5.60 Å². The van der Waals surface area contributed by atoms with Crippen LogP contribution in [0.4, 0.5) is 4.79 Å². The van der Waals surface area contributed by atoms with E-state index in [1.807, 2.05) is 20.8 Å². The molecule has 0 aromatic carbocycles. The van der Waals surface area contributed by atoms with E-state index in [9.17, 15) is 4.79 Å². The zero-order valence-electron chi connectivity index (χ0n) is 10.9. The maximum atomic E-state index is 11.9. The second-order valence-corrected chi connectivity index (χ2v) is 5.91. The summed E-state index contributed by atoms with van der Waals surface area (Å²) in [7, 11) is 0. The molecule has 0 bridgehead atoms. The molecule has 0 saturated carbocycles. The van der Waals surface area contributed by atoms with E-state index in [4.69, 9.17) is 9.47 Å². The zero-order valence-corrected chi connectivity index (χ0v) is 10.9. The molecule has 1 atom stereocenters. The summed E-state index contributed by atoms with van der Waals surface area (Å²) in [6.07, 6.45) is 0.716. The number of morpholine rings is 1. The van der Waals surface area contributed by atoms with E-state index >= 15 is 0 Å². The third-order valence-electron chi connectivity index (χ3n) is 3.13. The molecule has 1 N–H and O–H groups in total. The minimum Gasteiger partial charge on any atom is -0.444 e. The van der Waals surface area contributed by atoms with Gasteiger partial charge in [0.2, 0.25) is 0 Å². The largest absolute Gasteiger partial charge is 0.444 e. The summed E-state index contributed by atoms with van der Waals surface area (Å²) < 4.78 is 10.9. The van der Waals surface area contributed by atoms with Crippen molar-refractivity contribution in [3.05, 3.63) is 0 Å². The molecule has 1 spiro atoms. The topological polar surface area (TPSA) is 50.8 Å². The highest BCUT2D eigenvalue weighted by molar-refractivity contribution is 5.68. The van der Waals surface area contributed by atoms with Crippen LogP contribution in [0.25, 0.3) is 0 Å². The number of carbonyl (C=O) groups is 1. The Bertz CT molecular complexity index is 293. The maximum absolute atomic E-state index is 11.9. The van der Waals surface area contributed by atoms with E-state index in [0.717, 1.165) is 26.1 Å². The lowest BCUT2D eigenvalue weighted by molar-refractivity contribution is 0.0157.